The lowest BCUT2D eigenvalue weighted by atomic mass is 10.1. The zero-order valence-electron chi connectivity index (χ0n) is 9.07. The molecule has 0 bridgehead atoms. The maximum absolute atomic E-state index is 11.9. The molecule has 1 saturated heterocycles. The maximum Gasteiger partial charge on any atom is 0.228 e. The van der Waals surface area contributed by atoms with Crippen molar-refractivity contribution in [1.82, 2.24) is 0 Å². The lowest BCUT2D eigenvalue weighted by molar-refractivity contribution is -0.119. The monoisotopic (exact) mass is 310 g/mol. The molecule has 0 spiro atoms. The Morgan fingerprint density at radius 1 is 1.59 bits per heavy atom. The minimum atomic E-state index is 0.0221. The minimum absolute atomic E-state index is 0.0221. The summed E-state index contributed by atoms with van der Waals surface area (Å²) in [5, 5.41) is 11.8. The average Bonchev–Trinajstić information content (AvgIpc) is 2.85. The zero-order valence-corrected chi connectivity index (χ0v) is 11.5. The average molecular weight is 311 g/mol. The first kappa shape index (κ1) is 12.5. The summed E-state index contributed by atoms with van der Waals surface area (Å²) in [7, 11) is 0. The molecule has 1 atom stereocenters. The highest BCUT2D eigenvalue weighted by molar-refractivity contribution is 9.10. The van der Waals surface area contributed by atoms with Gasteiger partial charge in [-0.05, 0) is 30.4 Å². The number of carbonyl (C=O) groups is 1. The molecule has 1 aromatic rings. The topological polar surface area (TPSA) is 52.9 Å². The summed E-state index contributed by atoms with van der Waals surface area (Å²) in [6.45, 7) is 0. The van der Waals surface area contributed by atoms with Crippen molar-refractivity contribution in [3.63, 3.8) is 0 Å². The molecular weight excluding hydrogens is 300 g/mol. The molecule has 1 aliphatic rings. The first-order valence-electron chi connectivity index (χ1n) is 5.29. The van der Waals surface area contributed by atoms with Crippen molar-refractivity contribution in [2.75, 3.05) is 16.8 Å². The maximum atomic E-state index is 11.9. The van der Waals surface area contributed by atoms with Crippen molar-refractivity contribution < 1.29 is 4.79 Å². The molecule has 0 aromatic heterocycles. The van der Waals surface area contributed by atoms with Crippen molar-refractivity contribution in [2.24, 2.45) is 5.92 Å². The molecule has 0 saturated carbocycles. The summed E-state index contributed by atoms with van der Waals surface area (Å²) in [5.41, 5.74) is 1.08. The molecule has 3 nitrogen and oxygen atoms in total. The number of nitriles is 1. The first-order valence-corrected chi connectivity index (χ1v) is 7.23. The zero-order chi connectivity index (χ0) is 12.3. The summed E-state index contributed by atoms with van der Waals surface area (Å²) in [6, 6.07) is 7.36. The summed E-state index contributed by atoms with van der Waals surface area (Å²) in [5.74, 6) is 2.03. The standard InChI is InChI=1S/C12H11BrN2OS/c13-10-1-2-11(9(5-10)6-14)15-12(16)8-3-4-17-7-8/h1-2,5,8H,3-4,7H2,(H,15,16). The number of hydrogen-bond donors (Lipinski definition) is 1. The molecule has 1 unspecified atom stereocenters. The van der Waals surface area contributed by atoms with Gasteiger partial charge in [0.25, 0.3) is 0 Å². The second-order valence-electron chi connectivity index (χ2n) is 3.85. The second kappa shape index (κ2) is 5.56. The molecule has 1 aliphatic heterocycles. The number of carbonyl (C=O) groups excluding carboxylic acids is 1. The Hall–Kier alpha value is -0.990. The largest absolute Gasteiger partial charge is 0.325 e. The van der Waals surface area contributed by atoms with Crippen LogP contribution in [0.3, 0.4) is 0 Å². The Morgan fingerprint density at radius 2 is 2.41 bits per heavy atom. The van der Waals surface area contributed by atoms with Crippen molar-refractivity contribution in [2.45, 2.75) is 6.42 Å². The molecule has 1 N–H and O–H groups in total. The van der Waals surface area contributed by atoms with E-state index in [0.29, 0.717) is 11.3 Å². The molecule has 1 fully saturated rings. The third-order valence-corrected chi connectivity index (χ3v) is 4.32. The quantitative estimate of drug-likeness (QED) is 0.913. The molecule has 1 aromatic carbocycles. The molecular formula is C12H11BrN2OS. The van der Waals surface area contributed by atoms with Gasteiger partial charge in [0.15, 0.2) is 0 Å². The van der Waals surface area contributed by atoms with E-state index in [1.807, 2.05) is 6.07 Å². The van der Waals surface area contributed by atoms with Crippen LogP contribution in [0.25, 0.3) is 0 Å². The Morgan fingerprint density at radius 3 is 3.06 bits per heavy atom. The van der Waals surface area contributed by atoms with Gasteiger partial charge in [-0.15, -0.1) is 0 Å². The highest BCUT2D eigenvalue weighted by atomic mass is 79.9. The molecule has 88 valence electrons. The third-order valence-electron chi connectivity index (χ3n) is 2.66. The Kier molecular flexibility index (Phi) is 4.08. The molecule has 2 rings (SSSR count). The van der Waals surface area contributed by atoms with Gasteiger partial charge < -0.3 is 5.32 Å². The fraction of sp³-hybridized carbons (Fsp3) is 0.333. The Balaban J connectivity index is 2.13. The number of benzene rings is 1. The number of nitrogens with one attached hydrogen (secondary N) is 1. The smallest absolute Gasteiger partial charge is 0.228 e. The SMILES string of the molecule is N#Cc1cc(Br)ccc1NC(=O)C1CCSC1. The van der Waals surface area contributed by atoms with Crippen molar-refractivity contribution in [1.29, 1.82) is 5.26 Å². The molecule has 5 heteroatoms. The molecule has 0 radical (unpaired) electrons. The van der Waals surface area contributed by atoms with E-state index in [1.54, 1.807) is 23.9 Å². The number of halogens is 1. The minimum Gasteiger partial charge on any atom is -0.325 e. The van der Waals surface area contributed by atoms with Gasteiger partial charge in [-0.3, -0.25) is 4.79 Å². The van der Waals surface area contributed by atoms with E-state index in [4.69, 9.17) is 5.26 Å². The highest BCUT2D eigenvalue weighted by Gasteiger charge is 2.23. The van der Waals surface area contributed by atoms with Crippen molar-refractivity contribution in [3.8, 4) is 6.07 Å². The number of nitrogens with zero attached hydrogens (tertiary/aromatic N) is 1. The highest BCUT2D eigenvalue weighted by Crippen LogP contribution is 2.26. The van der Waals surface area contributed by atoms with Gasteiger partial charge in [0.2, 0.25) is 5.91 Å². The second-order valence-corrected chi connectivity index (χ2v) is 5.92. The summed E-state index contributed by atoms with van der Waals surface area (Å²) < 4.78 is 0.837. The van der Waals surface area contributed by atoms with Gasteiger partial charge >= 0.3 is 0 Å². The number of hydrogen-bond acceptors (Lipinski definition) is 3. The van der Waals surface area contributed by atoms with Gasteiger partial charge in [0.1, 0.15) is 6.07 Å². The van der Waals surface area contributed by atoms with Crippen LogP contribution < -0.4 is 5.32 Å². The summed E-state index contributed by atoms with van der Waals surface area (Å²) in [4.78, 5) is 11.9. The lowest BCUT2D eigenvalue weighted by Gasteiger charge is -2.11. The van der Waals surface area contributed by atoms with E-state index < -0.39 is 0 Å². The number of amides is 1. The third kappa shape index (κ3) is 3.02. The molecule has 17 heavy (non-hydrogen) atoms. The molecule has 1 heterocycles. The van der Waals surface area contributed by atoms with Crippen LogP contribution in [0.4, 0.5) is 5.69 Å². The predicted molar refractivity (Wildman–Crippen MR) is 72.9 cm³/mol. The van der Waals surface area contributed by atoms with E-state index >= 15 is 0 Å². The van der Waals surface area contributed by atoms with E-state index in [9.17, 15) is 4.79 Å². The Bertz CT molecular complexity index is 478. The van der Waals surface area contributed by atoms with Crippen LogP contribution in [0.5, 0.6) is 0 Å². The van der Waals surface area contributed by atoms with Crippen LogP contribution >= 0.6 is 27.7 Å². The van der Waals surface area contributed by atoms with E-state index in [1.165, 1.54) is 0 Å². The van der Waals surface area contributed by atoms with Crippen LogP contribution in [0.1, 0.15) is 12.0 Å². The van der Waals surface area contributed by atoms with Gasteiger partial charge in [-0.25, -0.2) is 0 Å². The number of thioether (sulfide) groups is 1. The number of anilines is 1. The van der Waals surface area contributed by atoms with Crippen LogP contribution in [-0.4, -0.2) is 17.4 Å². The van der Waals surface area contributed by atoms with Gasteiger partial charge in [-0.1, -0.05) is 15.9 Å². The fourth-order valence-corrected chi connectivity index (χ4v) is 3.28. The van der Waals surface area contributed by atoms with E-state index in [-0.39, 0.29) is 11.8 Å². The van der Waals surface area contributed by atoms with E-state index in [2.05, 4.69) is 27.3 Å². The van der Waals surface area contributed by atoms with Gasteiger partial charge in [-0.2, -0.15) is 17.0 Å². The fourth-order valence-electron chi connectivity index (χ4n) is 1.69. The van der Waals surface area contributed by atoms with E-state index in [0.717, 1.165) is 22.4 Å². The number of rotatable bonds is 2. The van der Waals surface area contributed by atoms with Gasteiger partial charge in [0, 0.05) is 16.1 Å². The molecule has 1 amide bonds. The van der Waals surface area contributed by atoms with Crippen LogP contribution in [0.2, 0.25) is 0 Å². The summed E-state index contributed by atoms with van der Waals surface area (Å²) >= 11 is 5.10. The Labute approximate surface area is 113 Å². The normalized spacial score (nSPS) is 18.7. The van der Waals surface area contributed by atoms with Crippen LogP contribution in [0, 0.1) is 17.2 Å². The summed E-state index contributed by atoms with van der Waals surface area (Å²) in [6.07, 6.45) is 0.926. The van der Waals surface area contributed by atoms with Crippen LogP contribution in [-0.2, 0) is 4.79 Å². The van der Waals surface area contributed by atoms with Crippen molar-refractivity contribution >= 4 is 39.3 Å². The lowest BCUT2D eigenvalue weighted by Crippen LogP contribution is -2.22. The van der Waals surface area contributed by atoms with Gasteiger partial charge in [0.05, 0.1) is 11.3 Å². The van der Waals surface area contributed by atoms with Crippen LogP contribution in [0.15, 0.2) is 22.7 Å². The molecule has 0 aliphatic carbocycles. The van der Waals surface area contributed by atoms with Crippen molar-refractivity contribution in [3.05, 3.63) is 28.2 Å². The predicted octanol–water partition coefficient (Wildman–Crippen LogP) is 3.01. The first-order chi connectivity index (χ1) is 8.20.